The zero-order chi connectivity index (χ0) is 17.1. The average Bonchev–Trinajstić information content (AvgIpc) is 3.25. The normalized spacial score (nSPS) is 19.8. The highest BCUT2D eigenvalue weighted by molar-refractivity contribution is 5.75. The van der Waals surface area contributed by atoms with Crippen LogP contribution in [0, 0.1) is 5.92 Å². The van der Waals surface area contributed by atoms with Gasteiger partial charge in [0.25, 0.3) is 0 Å². The van der Waals surface area contributed by atoms with Crippen molar-refractivity contribution in [1.29, 1.82) is 0 Å². The van der Waals surface area contributed by atoms with Crippen LogP contribution in [0.1, 0.15) is 51.3 Å². The van der Waals surface area contributed by atoms with Crippen molar-refractivity contribution in [1.82, 2.24) is 15.1 Å². The summed E-state index contributed by atoms with van der Waals surface area (Å²) in [5.74, 6) is 1.42. The van der Waals surface area contributed by atoms with E-state index in [1.165, 1.54) is 0 Å². The van der Waals surface area contributed by atoms with Crippen molar-refractivity contribution in [3.63, 3.8) is 0 Å². The fraction of sp³-hybridized carbons (Fsp3) is 0.667. The molecular weight excluding hydrogens is 306 g/mol. The van der Waals surface area contributed by atoms with Crippen LogP contribution in [0.3, 0.4) is 0 Å². The topological polar surface area (TPSA) is 65.8 Å². The number of urea groups is 1. The summed E-state index contributed by atoms with van der Waals surface area (Å²) in [7, 11) is 0. The molecule has 1 aliphatic heterocycles. The summed E-state index contributed by atoms with van der Waals surface area (Å²) in [4.78, 5) is 27.9. The average molecular weight is 333 g/mol. The SMILES string of the molecule is CC(=O)N1CCC(CNC(=O)N(C2CC2)C(C)c2ccco2)CC1. The van der Waals surface area contributed by atoms with E-state index in [1.807, 2.05) is 28.9 Å². The van der Waals surface area contributed by atoms with E-state index in [0.29, 0.717) is 18.5 Å². The Kier molecular flexibility index (Phi) is 5.11. The molecule has 1 N–H and O–H groups in total. The fourth-order valence-corrected chi connectivity index (χ4v) is 3.45. The molecule has 3 rings (SSSR count). The number of rotatable bonds is 5. The lowest BCUT2D eigenvalue weighted by Crippen LogP contribution is -2.46. The molecule has 1 saturated carbocycles. The van der Waals surface area contributed by atoms with Crippen LogP contribution in [0.2, 0.25) is 0 Å². The molecule has 0 spiro atoms. The van der Waals surface area contributed by atoms with E-state index in [9.17, 15) is 9.59 Å². The van der Waals surface area contributed by atoms with Gasteiger partial charge in [0.2, 0.25) is 5.91 Å². The van der Waals surface area contributed by atoms with E-state index in [1.54, 1.807) is 13.2 Å². The van der Waals surface area contributed by atoms with Crippen LogP contribution in [-0.4, -0.2) is 47.4 Å². The van der Waals surface area contributed by atoms with Crippen molar-refractivity contribution >= 4 is 11.9 Å². The zero-order valence-corrected chi connectivity index (χ0v) is 14.5. The lowest BCUT2D eigenvalue weighted by Gasteiger charge is -2.33. The number of hydrogen-bond acceptors (Lipinski definition) is 3. The number of carbonyl (C=O) groups excluding carboxylic acids is 2. The number of piperidine rings is 1. The van der Waals surface area contributed by atoms with Gasteiger partial charge in [-0.15, -0.1) is 0 Å². The van der Waals surface area contributed by atoms with Crippen molar-refractivity contribution < 1.29 is 14.0 Å². The number of amides is 3. The van der Waals surface area contributed by atoms with Gasteiger partial charge in [-0.3, -0.25) is 4.79 Å². The van der Waals surface area contributed by atoms with Gasteiger partial charge < -0.3 is 19.5 Å². The maximum atomic E-state index is 12.7. The van der Waals surface area contributed by atoms with E-state index in [0.717, 1.165) is 44.5 Å². The van der Waals surface area contributed by atoms with Gasteiger partial charge in [0.15, 0.2) is 0 Å². The van der Waals surface area contributed by atoms with Crippen LogP contribution in [0.15, 0.2) is 22.8 Å². The standard InChI is InChI=1S/C18H27N3O3/c1-13(17-4-3-11-24-17)21(16-5-6-16)18(23)19-12-15-7-9-20(10-8-15)14(2)22/h3-4,11,13,15-16H,5-10,12H2,1-2H3,(H,19,23). The van der Waals surface area contributed by atoms with E-state index in [2.05, 4.69) is 5.32 Å². The van der Waals surface area contributed by atoms with Gasteiger partial charge in [0.1, 0.15) is 5.76 Å². The largest absolute Gasteiger partial charge is 0.467 e. The molecule has 0 aromatic carbocycles. The van der Waals surface area contributed by atoms with Crippen LogP contribution in [0.25, 0.3) is 0 Å². The van der Waals surface area contributed by atoms with Crippen molar-refractivity contribution in [2.24, 2.45) is 5.92 Å². The van der Waals surface area contributed by atoms with E-state index >= 15 is 0 Å². The molecule has 2 aliphatic rings. The van der Waals surface area contributed by atoms with Gasteiger partial charge in [-0.25, -0.2) is 4.79 Å². The Morgan fingerprint density at radius 2 is 2.04 bits per heavy atom. The quantitative estimate of drug-likeness (QED) is 0.901. The van der Waals surface area contributed by atoms with Gasteiger partial charge in [-0.2, -0.15) is 0 Å². The molecule has 0 bridgehead atoms. The second-order valence-electron chi connectivity index (χ2n) is 6.97. The molecule has 6 heteroatoms. The molecule has 132 valence electrons. The van der Waals surface area contributed by atoms with Crippen LogP contribution in [0.5, 0.6) is 0 Å². The van der Waals surface area contributed by atoms with Gasteiger partial charge in [0, 0.05) is 32.6 Å². The van der Waals surface area contributed by atoms with Crippen molar-refractivity contribution in [3.8, 4) is 0 Å². The maximum Gasteiger partial charge on any atom is 0.318 e. The Labute approximate surface area is 143 Å². The van der Waals surface area contributed by atoms with Crippen molar-refractivity contribution in [2.75, 3.05) is 19.6 Å². The summed E-state index contributed by atoms with van der Waals surface area (Å²) in [5, 5.41) is 3.10. The number of carbonyl (C=O) groups is 2. The highest BCUT2D eigenvalue weighted by Crippen LogP contribution is 2.34. The lowest BCUT2D eigenvalue weighted by atomic mass is 9.97. The molecule has 3 amide bonds. The molecule has 1 aliphatic carbocycles. The van der Waals surface area contributed by atoms with E-state index in [-0.39, 0.29) is 18.0 Å². The first-order valence-electron chi connectivity index (χ1n) is 8.91. The Morgan fingerprint density at radius 3 is 2.58 bits per heavy atom. The Morgan fingerprint density at radius 1 is 1.33 bits per heavy atom. The molecule has 1 aromatic heterocycles. The second kappa shape index (κ2) is 7.28. The molecule has 6 nitrogen and oxygen atoms in total. The number of nitrogens with zero attached hydrogens (tertiary/aromatic N) is 2. The number of furan rings is 1. The van der Waals surface area contributed by atoms with Gasteiger partial charge in [-0.1, -0.05) is 0 Å². The van der Waals surface area contributed by atoms with Crippen molar-refractivity contribution in [2.45, 2.75) is 51.6 Å². The third-order valence-electron chi connectivity index (χ3n) is 5.15. The predicted molar refractivity (Wildman–Crippen MR) is 90.4 cm³/mol. The second-order valence-corrected chi connectivity index (χ2v) is 6.97. The number of likely N-dealkylation sites (tertiary alicyclic amines) is 1. The van der Waals surface area contributed by atoms with Crippen LogP contribution < -0.4 is 5.32 Å². The van der Waals surface area contributed by atoms with E-state index in [4.69, 9.17) is 4.42 Å². The third-order valence-corrected chi connectivity index (χ3v) is 5.15. The Hall–Kier alpha value is -1.98. The van der Waals surface area contributed by atoms with Gasteiger partial charge >= 0.3 is 6.03 Å². The summed E-state index contributed by atoms with van der Waals surface area (Å²) >= 11 is 0. The molecule has 1 aromatic rings. The minimum atomic E-state index is -0.0490. The minimum Gasteiger partial charge on any atom is -0.467 e. The number of hydrogen-bond donors (Lipinski definition) is 1. The molecule has 1 atom stereocenters. The molecule has 1 saturated heterocycles. The summed E-state index contributed by atoms with van der Waals surface area (Å²) in [6.07, 6.45) is 5.69. The fourth-order valence-electron chi connectivity index (χ4n) is 3.45. The Bertz CT molecular complexity index is 560. The summed E-state index contributed by atoms with van der Waals surface area (Å²) in [5.41, 5.74) is 0. The van der Waals surface area contributed by atoms with Crippen LogP contribution in [0.4, 0.5) is 4.79 Å². The zero-order valence-electron chi connectivity index (χ0n) is 14.5. The van der Waals surface area contributed by atoms with Gasteiger partial charge in [0.05, 0.1) is 12.3 Å². The summed E-state index contributed by atoms with van der Waals surface area (Å²) in [6, 6.07) is 4.05. The molecular formula is C18H27N3O3. The monoisotopic (exact) mass is 333 g/mol. The van der Waals surface area contributed by atoms with Crippen LogP contribution >= 0.6 is 0 Å². The van der Waals surface area contributed by atoms with E-state index < -0.39 is 0 Å². The molecule has 2 heterocycles. The van der Waals surface area contributed by atoms with Crippen molar-refractivity contribution in [3.05, 3.63) is 24.2 Å². The molecule has 24 heavy (non-hydrogen) atoms. The molecule has 1 unspecified atom stereocenters. The molecule has 0 radical (unpaired) electrons. The number of nitrogens with one attached hydrogen (secondary N) is 1. The smallest absolute Gasteiger partial charge is 0.318 e. The summed E-state index contributed by atoms with van der Waals surface area (Å²) < 4.78 is 5.47. The minimum absolute atomic E-state index is 0.00426. The molecule has 2 fully saturated rings. The van der Waals surface area contributed by atoms with Gasteiger partial charge in [-0.05, 0) is 50.7 Å². The third kappa shape index (κ3) is 3.91. The predicted octanol–water partition coefficient (Wildman–Crippen LogP) is 2.77. The lowest BCUT2D eigenvalue weighted by molar-refractivity contribution is -0.130. The van der Waals surface area contributed by atoms with Crippen LogP contribution in [-0.2, 0) is 4.79 Å². The first-order chi connectivity index (χ1) is 11.6. The Balaban J connectivity index is 1.51. The first-order valence-corrected chi connectivity index (χ1v) is 8.91. The maximum absolute atomic E-state index is 12.7. The highest BCUT2D eigenvalue weighted by Gasteiger charge is 2.37. The first kappa shape index (κ1) is 16.9. The summed E-state index contributed by atoms with van der Waals surface area (Å²) in [6.45, 7) is 5.91. The highest BCUT2D eigenvalue weighted by atomic mass is 16.3.